The van der Waals surface area contributed by atoms with Gasteiger partial charge in [-0.05, 0) is 50.1 Å². The lowest BCUT2D eigenvalue weighted by Crippen LogP contribution is -2.17. The zero-order chi connectivity index (χ0) is 18.2. The highest BCUT2D eigenvalue weighted by atomic mass is 16.5. The summed E-state index contributed by atoms with van der Waals surface area (Å²) in [6, 6.07) is 7.18. The van der Waals surface area contributed by atoms with Gasteiger partial charge in [-0.15, -0.1) is 0 Å². The molecule has 134 valence electrons. The molecule has 0 saturated carbocycles. The minimum absolute atomic E-state index is 0.308. The minimum atomic E-state index is -0.308. The number of methoxy groups -OCH3 is 1. The number of hydrogen-bond acceptors (Lipinski definition) is 5. The van der Waals surface area contributed by atoms with Crippen molar-refractivity contribution in [1.29, 1.82) is 0 Å². The number of benzene rings is 1. The van der Waals surface area contributed by atoms with E-state index in [1.807, 2.05) is 18.2 Å². The Balaban J connectivity index is 2.00. The molecular formula is C19H24N2O4. The average Bonchev–Trinajstić information content (AvgIpc) is 2.94. The van der Waals surface area contributed by atoms with Crippen LogP contribution in [0.25, 0.3) is 0 Å². The predicted molar refractivity (Wildman–Crippen MR) is 96.6 cm³/mol. The van der Waals surface area contributed by atoms with Crippen LogP contribution in [0.1, 0.15) is 47.2 Å². The van der Waals surface area contributed by atoms with E-state index in [2.05, 4.69) is 17.5 Å². The number of rotatable bonds is 8. The highest BCUT2D eigenvalue weighted by Crippen LogP contribution is 2.27. The number of carbonyl (C=O) groups is 1. The summed E-state index contributed by atoms with van der Waals surface area (Å²) < 4.78 is 16.4. The molecule has 0 radical (unpaired) electrons. The number of amides is 1. The quantitative estimate of drug-likeness (QED) is 0.448. The van der Waals surface area contributed by atoms with Crippen LogP contribution in [0.15, 0.2) is 33.8 Å². The Morgan fingerprint density at radius 1 is 1.28 bits per heavy atom. The van der Waals surface area contributed by atoms with Crippen molar-refractivity contribution in [3.05, 3.63) is 46.9 Å². The molecule has 0 aliphatic carbocycles. The Morgan fingerprint density at radius 3 is 2.72 bits per heavy atom. The molecule has 1 aromatic heterocycles. The molecule has 1 heterocycles. The molecule has 6 heteroatoms. The molecule has 1 amide bonds. The van der Waals surface area contributed by atoms with Gasteiger partial charge in [-0.2, -0.15) is 5.10 Å². The van der Waals surface area contributed by atoms with Gasteiger partial charge in [0.2, 0.25) is 0 Å². The van der Waals surface area contributed by atoms with E-state index in [4.69, 9.17) is 13.9 Å². The lowest BCUT2D eigenvalue weighted by atomic mass is 10.2. The fraction of sp³-hybridized carbons (Fsp3) is 0.368. The number of nitrogens with zero attached hydrogens (tertiary/aromatic N) is 1. The van der Waals surface area contributed by atoms with Gasteiger partial charge in [0.25, 0.3) is 5.91 Å². The maximum absolute atomic E-state index is 12.1. The van der Waals surface area contributed by atoms with Gasteiger partial charge in [0, 0.05) is 0 Å². The van der Waals surface area contributed by atoms with Gasteiger partial charge < -0.3 is 13.9 Å². The molecule has 0 atom stereocenters. The number of hydrazone groups is 1. The van der Waals surface area contributed by atoms with E-state index in [9.17, 15) is 4.79 Å². The molecule has 2 rings (SSSR count). The van der Waals surface area contributed by atoms with Gasteiger partial charge in [-0.25, -0.2) is 5.43 Å². The van der Waals surface area contributed by atoms with Crippen molar-refractivity contribution >= 4 is 12.1 Å². The Bertz CT molecular complexity index is 750. The molecule has 0 spiro atoms. The Labute approximate surface area is 147 Å². The first kappa shape index (κ1) is 18.6. The van der Waals surface area contributed by atoms with Crippen LogP contribution >= 0.6 is 0 Å². The van der Waals surface area contributed by atoms with E-state index < -0.39 is 0 Å². The van der Waals surface area contributed by atoms with Gasteiger partial charge in [0.1, 0.15) is 11.5 Å². The third-order valence-corrected chi connectivity index (χ3v) is 3.61. The number of aryl methyl sites for hydroxylation is 2. The summed E-state index contributed by atoms with van der Waals surface area (Å²) in [6.07, 6.45) is 3.62. The van der Waals surface area contributed by atoms with Crippen LogP contribution in [0.2, 0.25) is 0 Å². The van der Waals surface area contributed by atoms with Crippen LogP contribution in [-0.2, 0) is 0 Å². The van der Waals surface area contributed by atoms with E-state index in [-0.39, 0.29) is 5.91 Å². The van der Waals surface area contributed by atoms with Crippen molar-refractivity contribution < 1.29 is 18.7 Å². The first-order valence-electron chi connectivity index (χ1n) is 8.26. The Hall–Kier alpha value is -2.76. The topological polar surface area (TPSA) is 73.1 Å². The fourth-order valence-corrected chi connectivity index (χ4v) is 2.29. The zero-order valence-electron chi connectivity index (χ0n) is 15.1. The van der Waals surface area contributed by atoms with Crippen molar-refractivity contribution in [3.8, 4) is 11.5 Å². The number of ether oxygens (including phenoxy) is 2. The van der Waals surface area contributed by atoms with E-state index >= 15 is 0 Å². The van der Waals surface area contributed by atoms with Crippen molar-refractivity contribution in [1.82, 2.24) is 5.43 Å². The molecule has 0 aliphatic rings. The third-order valence-electron chi connectivity index (χ3n) is 3.61. The van der Waals surface area contributed by atoms with Crippen LogP contribution in [0, 0.1) is 13.8 Å². The molecule has 0 fully saturated rings. The Kier molecular flexibility index (Phi) is 6.62. The molecule has 2 aromatic rings. The second-order valence-electron chi connectivity index (χ2n) is 5.64. The maximum atomic E-state index is 12.1. The van der Waals surface area contributed by atoms with E-state index in [0.717, 1.165) is 18.4 Å². The lowest BCUT2D eigenvalue weighted by Gasteiger charge is -2.10. The first-order valence-corrected chi connectivity index (χ1v) is 8.26. The summed E-state index contributed by atoms with van der Waals surface area (Å²) in [5.41, 5.74) is 3.76. The second kappa shape index (κ2) is 8.92. The summed E-state index contributed by atoms with van der Waals surface area (Å²) in [6.45, 7) is 6.30. The van der Waals surface area contributed by atoms with Gasteiger partial charge in [-0.1, -0.05) is 13.3 Å². The fourth-order valence-electron chi connectivity index (χ4n) is 2.29. The largest absolute Gasteiger partial charge is 0.493 e. The maximum Gasteiger partial charge on any atom is 0.274 e. The van der Waals surface area contributed by atoms with E-state index in [1.54, 1.807) is 33.2 Å². The van der Waals surface area contributed by atoms with E-state index in [1.165, 1.54) is 0 Å². The third kappa shape index (κ3) is 5.11. The summed E-state index contributed by atoms with van der Waals surface area (Å²) >= 11 is 0. The number of unbranched alkanes of at least 4 members (excludes halogenated alkanes) is 1. The van der Waals surface area contributed by atoms with Crippen molar-refractivity contribution in [2.24, 2.45) is 5.10 Å². The monoisotopic (exact) mass is 344 g/mol. The van der Waals surface area contributed by atoms with E-state index in [0.29, 0.717) is 35.2 Å². The lowest BCUT2D eigenvalue weighted by molar-refractivity contribution is 0.0953. The highest BCUT2D eigenvalue weighted by molar-refractivity contribution is 5.95. The van der Waals surface area contributed by atoms with Gasteiger partial charge in [-0.3, -0.25) is 4.79 Å². The number of carbonyl (C=O) groups excluding carboxylic acids is 1. The SMILES string of the molecule is CCCCOc1ccc(/C=N\NC(=O)c2cc(C)oc2C)cc1OC. The normalized spacial score (nSPS) is 10.9. The summed E-state index contributed by atoms with van der Waals surface area (Å²) in [5, 5.41) is 3.99. The minimum Gasteiger partial charge on any atom is -0.493 e. The number of hydrogen-bond donors (Lipinski definition) is 1. The molecule has 6 nitrogen and oxygen atoms in total. The molecule has 0 unspecified atom stereocenters. The molecule has 0 bridgehead atoms. The molecule has 1 N–H and O–H groups in total. The van der Waals surface area contributed by atoms with Gasteiger partial charge in [0.05, 0.1) is 25.5 Å². The standard InChI is InChI=1S/C19H24N2O4/c1-5-6-9-24-17-8-7-15(11-18(17)23-4)12-20-21-19(22)16-10-13(2)25-14(16)3/h7-8,10-12H,5-6,9H2,1-4H3,(H,21,22)/b20-12-. The number of nitrogens with one attached hydrogen (secondary N) is 1. The average molecular weight is 344 g/mol. The zero-order valence-corrected chi connectivity index (χ0v) is 15.1. The smallest absolute Gasteiger partial charge is 0.274 e. The second-order valence-corrected chi connectivity index (χ2v) is 5.64. The molecule has 25 heavy (non-hydrogen) atoms. The molecule has 0 saturated heterocycles. The summed E-state index contributed by atoms with van der Waals surface area (Å²) in [7, 11) is 1.59. The van der Waals surface area contributed by atoms with Crippen LogP contribution in [0.3, 0.4) is 0 Å². The van der Waals surface area contributed by atoms with Gasteiger partial charge in [0.15, 0.2) is 11.5 Å². The van der Waals surface area contributed by atoms with Crippen LogP contribution in [0.4, 0.5) is 0 Å². The Morgan fingerprint density at radius 2 is 2.08 bits per heavy atom. The van der Waals surface area contributed by atoms with Crippen LogP contribution in [-0.4, -0.2) is 25.8 Å². The highest BCUT2D eigenvalue weighted by Gasteiger charge is 2.12. The van der Waals surface area contributed by atoms with Crippen LogP contribution < -0.4 is 14.9 Å². The molecule has 0 aliphatic heterocycles. The molecule has 1 aromatic carbocycles. The summed E-state index contributed by atoms with van der Waals surface area (Å²) in [5.74, 6) is 2.28. The predicted octanol–water partition coefficient (Wildman–Crippen LogP) is 3.85. The van der Waals surface area contributed by atoms with Crippen LogP contribution in [0.5, 0.6) is 11.5 Å². The van der Waals surface area contributed by atoms with Crippen molar-refractivity contribution in [3.63, 3.8) is 0 Å². The number of furan rings is 1. The van der Waals surface area contributed by atoms with Crippen molar-refractivity contribution in [2.45, 2.75) is 33.6 Å². The summed E-state index contributed by atoms with van der Waals surface area (Å²) in [4.78, 5) is 12.1. The molecular weight excluding hydrogens is 320 g/mol. The first-order chi connectivity index (χ1) is 12.0. The van der Waals surface area contributed by atoms with Gasteiger partial charge >= 0.3 is 0 Å². The van der Waals surface area contributed by atoms with Crippen molar-refractivity contribution in [2.75, 3.05) is 13.7 Å².